The number of alkyl carbamates (subject to hydrolysis) is 1. The predicted molar refractivity (Wildman–Crippen MR) is 53.0 cm³/mol. The van der Waals surface area contributed by atoms with E-state index in [-0.39, 0.29) is 24.0 Å². The predicted octanol–water partition coefficient (Wildman–Crippen LogP) is 1.56. The highest BCUT2D eigenvalue weighted by molar-refractivity contribution is 6.30. The Morgan fingerprint density at radius 1 is 1.53 bits per heavy atom. The summed E-state index contributed by atoms with van der Waals surface area (Å²) >= 11 is 5.35. The second-order valence-corrected chi connectivity index (χ2v) is 2.94. The monoisotopic (exact) mass is 231 g/mol. The fraction of sp³-hybridized carbons (Fsp3) is 0.333. The zero-order valence-electron chi connectivity index (χ0n) is 8.08. The molecule has 0 aliphatic carbocycles. The van der Waals surface area contributed by atoms with E-state index in [0.29, 0.717) is 5.76 Å². The number of hydrogen-bond acceptors (Lipinski definition) is 4. The number of halogens is 1. The summed E-state index contributed by atoms with van der Waals surface area (Å²) in [5.74, 6) is 0.235. The summed E-state index contributed by atoms with van der Waals surface area (Å²) < 4.78 is 9.49. The van der Waals surface area contributed by atoms with E-state index >= 15 is 0 Å². The highest BCUT2D eigenvalue weighted by Crippen LogP contribution is 2.09. The summed E-state index contributed by atoms with van der Waals surface area (Å²) in [6.07, 6.45) is -0.559. The van der Waals surface area contributed by atoms with Crippen molar-refractivity contribution >= 4 is 23.5 Å². The summed E-state index contributed by atoms with van der Waals surface area (Å²) in [7, 11) is 1.26. The van der Waals surface area contributed by atoms with Crippen molar-refractivity contribution in [3.63, 3.8) is 0 Å². The summed E-state index contributed by atoms with van der Waals surface area (Å²) in [6.45, 7) is 0.169. The molecule has 1 amide bonds. The minimum Gasteiger partial charge on any atom is -0.456 e. The van der Waals surface area contributed by atoms with Crippen LogP contribution in [0.2, 0.25) is 0 Å². The fourth-order valence-electron chi connectivity index (χ4n) is 0.920. The topological polar surface area (TPSA) is 68.5 Å². The van der Waals surface area contributed by atoms with E-state index in [1.165, 1.54) is 13.2 Å². The van der Waals surface area contributed by atoms with Crippen LogP contribution in [0.3, 0.4) is 0 Å². The quantitative estimate of drug-likeness (QED) is 0.631. The fourth-order valence-corrected chi connectivity index (χ4v) is 1.05. The lowest BCUT2D eigenvalue weighted by Gasteiger charge is -1.99. The van der Waals surface area contributed by atoms with Crippen LogP contribution >= 0.6 is 11.6 Å². The highest BCUT2D eigenvalue weighted by Gasteiger charge is 2.10. The first kappa shape index (κ1) is 11.6. The van der Waals surface area contributed by atoms with Gasteiger partial charge in [-0.25, -0.2) is 4.79 Å². The molecule has 0 aliphatic rings. The Bertz CT molecular complexity index is 361. The molecule has 0 fully saturated rings. The molecule has 0 saturated carbocycles. The third kappa shape index (κ3) is 3.28. The van der Waals surface area contributed by atoms with E-state index < -0.39 is 6.09 Å². The molecule has 0 unspecified atom stereocenters. The molecule has 0 saturated heterocycles. The van der Waals surface area contributed by atoms with E-state index in [0.717, 1.165) is 0 Å². The molecule has 1 rings (SSSR count). The van der Waals surface area contributed by atoms with Crippen LogP contribution in [0, 0.1) is 0 Å². The molecule has 82 valence electrons. The van der Waals surface area contributed by atoms with E-state index in [2.05, 4.69) is 10.1 Å². The van der Waals surface area contributed by atoms with Crippen molar-refractivity contribution < 1.29 is 18.7 Å². The second kappa shape index (κ2) is 5.41. The SMILES string of the molecule is COC(=O)NCc1ccc(C(=O)CCl)o1. The first-order chi connectivity index (χ1) is 7.17. The molecule has 0 bridgehead atoms. The molecule has 0 radical (unpaired) electrons. The summed E-state index contributed by atoms with van der Waals surface area (Å²) in [4.78, 5) is 21.8. The molecule has 1 N–H and O–H groups in total. The number of ketones is 1. The third-order valence-electron chi connectivity index (χ3n) is 1.65. The van der Waals surface area contributed by atoms with Crippen LogP contribution in [0.5, 0.6) is 0 Å². The number of Topliss-reactive ketones (excluding diaryl/α,β-unsaturated/α-hetero) is 1. The molecular weight excluding hydrogens is 222 g/mol. The summed E-state index contributed by atoms with van der Waals surface area (Å²) in [6, 6.07) is 3.11. The number of ether oxygens (including phenoxy) is 1. The first-order valence-electron chi connectivity index (χ1n) is 4.17. The third-order valence-corrected chi connectivity index (χ3v) is 1.89. The number of alkyl halides is 1. The Labute approximate surface area is 91.3 Å². The van der Waals surface area contributed by atoms with Crippen molar-refractivity contribution in [1.82, 2.24) is 5.32 Å². The minimum atomic E-state index is -0.559. The number of furan rings is 1. The Morgan fingerprint density at radius 3 is 2.87 bits per heavy atom. The zero-order valence-corrected chi connectivity index (χ0v) is 8.84. The molecule has 6 heteroatoms. The van der Waals surface area contributed by atoms with Gasteiger partial charge in [0.05, 0.1) is 19.5 Å². The van der Waals surface area contributed by atoms with Crippen molar-refractivity contribution in [2.24, 2.45) is 0 Å². The Hall–Kier alpha value is -1.49. The Morgan fingerprint density at radius 2 is 2.27 bits per heavy atom. The van der Waals surface area contributed by atoms with E-state index in [9.17, 15) is 9.59 Å². The molecule has 1 heterocycles. The molecule has 0 aliphatic heterocycles. The Kier molecular flexibility index (Phi) is 4.17. The smallest absolute Gasteiger partial charge is 0.407 e. The second-order valence-electron chi connectivity index (χ2n) is 2.67. The minimum absolute atomic E-state index is 0.128. The average molecular weight is 232 g/mol. The number of nitrogens with one attached hydrogen (secondary N) is 1. The standard InChI is InChI=1S/C9H10ClNO4/c1-14-9(13)11-5-6-2-3-8(15-6)7(12)4-10/h2-3H,4-5H2,1H3,(H,11,13). The maximum atomic E-state index is 11.1. The normalized spacial score (nSPS) is 9.73. The van der Waals surface area contributed by atoms with Gasteiger partial charge in [0.15, 0.2) is 5.76 Å². The van der Waals surface area contributed by atoms with Gasteiger partial charge in [0.1, 0.15) is 5.76 Å². The number of carbonyl (C=O) groups is 2. The van der Waals surface area contributed by atoms with Crippen molar-refractivity contribution in [2.75, 3.05) is 13.0 Å². The van der Waals surface area contributed by atoms with Gasteiger partial charge in [-0.15, -0.1) is 11.6 Å². The highest BCUT2D eigenvalue weighted by atomic mass is 35.5. The van der Waals surface area contributed by atoms with Gasteiger partial charge in [-0.2, -0.15) is 0 Å². The van der Waals surface area contributed by atoms with Gasteiger partial charge < -0.3 is 14.5 Å². The van der Waals surface area contributed by atoms with Gasteiger partial charge in [0.2, 0.25) is 5.78 Å². The molecule has 15 heavy (non-hydrogen) atoms. The molecule has 0 atom stereocenters. The van der Waals surface area contributed by atoms with Crippen LogP contribution in [0.15, 0.2) is 16.5 Å². The number of carbonyl (C=O) groups excluding carboxylic acids is 2. The van der Waals surface area contributed by atoms with Gasteiger partial charge in [0, 0.05) is 0 Å². The van der Waals surface area contributed by atoms with Crippen molar-refractivity contribution in [3.8, 4) is 0 Å². The van der Waals surface area contributed by atoms with Crippen LogP contribution < -0.4 is 5.32 Å². The molecule has 1 aromatic heterocycles. The molecule has 0 spiro atoms. The van der Waals surface area contributed by atoms with Crippen LogP contribution in [0.25, 0.3) is 0 Å². The number of methoxy groups -OCH3 is 1. The van der Waals surface area contributed by atoms with Crippen LogP contribution in [-0.2, 0) is 11.3 Å². The lowest BCUT2D eigenvalue weighted by Crippen LogP contribution is -2.21. The summed E-state index contributed by atoms with van der Waals surface area (Å²) in [5.41, 5.74) is 0. The number of hydrogen-bond donors (Lipinski definition) is 1. The molecule has 5 nitrogen and oxygen atoms in total. The van der Waals surface area contributed by atoms with Gasteiger partial charge in [0.25, 0.3) is 0 Å². The molecule has 0 aromatic carbocycles. The van der Waals surface area contributed by atoms with Crippen molar-refractivity contribution in [3.05, 3.63) is 23.7 Å². The number of rotatable bonds is 4. The van der Waals surface area contributed by atoms with Crippen molar-refractivity contribution in [2.45, 2.75) is 6.54 Å². The van der Waals surface area contributed by atoms with E-state index in [4.69, 9.17) is 16.0 Å². The van der Waals surface area contributed by atoms with Gasteiger partial charge in [-0.05, 0) is 12.1 Å². The zero-order chi connectivity index (χ0) is 11.3. The molecular formula is C9H10ClNO4. The molecule has 1 aromatic rings. The van der Waals surface area contributed by atoms with Crippen LogP contribution in [-0.4, -0.2) is 24.9 Å². The maximum absolute atomic E-state index is 11.1. The lowest BCUT2D eigenvalue weighted by atomic mass is 10.3. The van der Waals surface area contributed by atoms with E-state index in [1.807, 2.05) is 0 Å². The average Bonchev–Trinajstić information content (AvgIpc) is 2.73. The van der Waals surface area contributed by atoms with E-state index in [1.54, 1.807) is 6.07 Å². The number of amides is 1. The van der Waals surface area contributed by atoms with Gasteiger partial charge >= 0.3 is 6.09 Å². The van der Waals surface area contributed by atoms with Gasteiger partial charge in [-0.3, -0.25) is 4.79 Å². The van der Waals surface area contributed by atoms with Gasteiger partial charge in [-0.1, -0.05) is 0 Å². The van der Waals surface area contributed by atoms with Crippen molar-refractivity contribution in [1.29, 1.82) is 0 Å². The lowest BCUT2D eigenvalue weighted by molar-refractivity contribution is 0.0989. The largest absolute Gasteiger partial charge is 0.456 e. The van der Waals surface area contributed by atoms with Crippen LogP contribution in [0.4, 0.5) is 4.79 Å². The first-order valence-corrected chi connectivity index (χ1v) is 4.70. The summed E-state index contributed by atoms with van der Waals surface area (Å²) in [5, 5.41) is 2.42. The maximum Gasteiger partial charge on any atom is 0.407 e. The Balaban J connectivity index is 2.53. The van der Waals surface area contributed by atoms with Crippen LogP contribution in [0.1, 0.15) is 16.3 Å².